The van der Waals surface area contributed by atoms with Crippen molar-refractivity contribution in [2.45, 2.75) is 57.5 Å². The van der Waals surface area contributed by atoms with Gasteiger partial charge in [0, 0.05) is 28.4 Å². The van der Waals surface area contributed by atoms with Gasteiger partial charge in [-0.2, -0.15) is 0 Å². The van der Waals surface area contributed by atoms with E-state index in [2.05, 4.69) is 12.6 Å². The predicted octanol–water partition coefficient (Wildman–Crippen LogP) is 7.00. The van der Waals surface area contributed by atoms with Gasteiger partial charge in [0.2, 0.25) is 5.91 Å². The molecule has 0 saturated carbocycles. The molecule has 0 radical (unpaired) electrons. The molecule has 2 aromatic rings. The van der Waals surface area contributed by atoms with Crippen molar-refractivity contribution in [3.8, 4) is 0 Å². The minimum absolute atomic E-state index is 0.0169. The Hall–Kier alpha value is -2.10. The van der Waals surface area contributed by atoms with Crippen molar-refractivity contribution in [2.75, 3.05) is 0 Å². The number of likely N-dealkylation sites (tertiary alicyclic amines) is 1. The van der Waals surface area contributed by atoms with Crippen LogP contribution in [0.15, 0.2) is 61.2 Å². The van der Waals surface area contributed by atoms with Crippen molar-refractivity contribution in [1.29, 1.82) is 0 Å². The van der Waals surface area contributed by atoms with Gasteiger partial charge in [0.1, 0.15) is 6.29 Å². The molecule has 3 rings (SSSR count). The maximum atomic E-state index is 13.9. The molecule has 1 saturated heterocycles. The second-order valence-electron chi connectivity index (χ2n) is 8.59. The van der Waals surface area contributed by atoms with Gasteiger partial charge in [0.25, 0.3) is 0 Å². The molecule has 1 amide bonds. The number of hydrogen-bond donors (Lipinski definition) is 0. The molecule has 1 heterocycles. The smallest absolute Gasteiger partial charge is 0.229 e. The van der Waals surface area contributed by atoms with Crippen LogP contribution in [0, 0.1) is 5.41 Å². The van der Waals surface area contributed by atoms with E-state index < -0.39 is 5.41 Å². The summed E-state index contributed by atoms with van der Waals surface area (Å²) >= 11 is 12.5. The van der Waals surface area contributed by atoms with E-state index in [0.29, 0.717) is 35.7 Å². The molecular weight excluding hydrogens is 429 g/mol. The molecule has 5 heteroatoms. The molecule has 31 heavy (non-hydrogen) atoms. The zero-order chi connectivity index (χ0) is 22.6. The number of carbonyl (C=O) groups excluding carboxylic acids is 2. The third kappa shape index (κ3) is 4.88. The molecule has 0 spiro atoms. The van der Waals surface area contributed by atoms with Crippen LogP contribution in [0.2, 0.25) is 10.0 Å². The summed E-state index contributed by atoms with van der Waals surface area (Å²) in [5.41, 5.74) is 1.49. The average molecular weight is 458 g/mol. The lowest BCUT2D eigenvalue weighted by atomic mass is 9.67. The zero-order valence-corrected chi connectivity index (χ0v) is 19.6. The first-order valence-electron chi connectivity index (χ1n) is 10.7. The van der Waals surface area contributed by atoms with E-state index in [4.69, 9.17) is 23.2 Å². The molecule has 0 bridgehead atoms. The maximum Gasteiger partial charge on any atom is 0.229 e. The first-order chi connectivity index (χ1) is 14.8. The van der Waals surface area contributed by atoms with Gasteiger partial charge in [-0.25, -0.2) is 0 Å². The quantitative estimate of drug-likeness (QED) is 0.316. The summed E-state index contributed by atoms with van der Waals surface area (Å²) in [4.78, 5) is 27.4. The Morgan fingerprint density at radius 1 is 1.16 bits per heavy atom. The van der Waals surface area contributed by atoms with Crippen molar-refractivity contribution in [3.63, 3.8) is 0 Å². The molecule has 1 fully saturated rings. The molecule has 2 aromatic carbocycles. The van der Waals surface area contributed by atoms with Gasteiger partial charge in [0.15, 0.2) is 0 Å². The highest BCUT2D eigenvalue weighted by Gasteiger charge is 2.50. The van der Waals surface area contributed by atoms with E-state index in [1.54, 1.807) is 0 Å². The van der Waals surface area contributed by atoms with Crippen LogP contribution in [-0.2, 0) is 9.59 Å². The Labute approximate surface area is 195 Å². The summed E-state index contributed by atoms with van der Waals surface area (Å²) < 4.78 is 0. The fourth-order valence-corrected chi connectivity index (χ4v) is 5.20. The van der Waals surface area contributed by atoms with Crippen molar-refractivity contribution >= 4 is 35.4 Å². The largest absolute Gasteiger partial charge is 0.331 e. The SMILES string of the molecule is C=CCC1(C)C[C@H](c2cccc(Cl)c2)[C@@H](c2ccc(Cl)cc2)N(C(CC)CC=O)C1=O. The summed E-state index contributed by atoms with van der Waals surface area (Å²) in [5, 5.41) is 1.31. The van der Waals surface area contributed by atoms with Gasteiger partial charge >= 0.3 is 0 Å². The standard InChI is InChI=1S/C26H29Cl2NO2/c1-4-14-26(3)17-23(19-7-6-8-21(28)16-19)24(18-9-11-20(27)12-10-18)29(25(26)31)22(5-2)13-15-30/h4,6-12,15-16,22-24H,1,5,13-14,17H2,2-3H3/t22?,23-,24-,26?/m1/s1. The molecule has 4 atom stereocenters. The summed E-state index contributed by atoms with van der Waals surface area (Å²) in [6.45, 7) is 7.93. The highest BCUT2D eigenvalue weighted by atomic mass is 35.5. The van der Waals surface area contributed by atoms with Crippen LogP contribution in [0.25, 0.3) is 0 Å². The van der Waals surface area contributed by atoms with E-state index in [0.717, 1.165) is 17.4 Å². The van der Waals surface area contributed by atoms with Crippen molar-refractivity contribution in [2.24, 2.45) is 5.41 Å². The van der Waals surface area contributed by atoms with Crippen LogP contribution in [0.5, 0.6) is 0 Å². The van der Waals surface area contributed by atoms with Crippen molar-refractivity contribution in [3.05, 3.63) is 82.4 Å². The van der Waals surface area contributed by atoms with Crippen LogP contribution in [0.4, 0.5) is 0 Å². The van der Waals surface area contributed by atoms with Crippen molar-refractivity contribution < 1.29 is 9.59 Å². The van der Waals surface area contributed by atoms with Gasteiger partial charge in [-0.3, -0.25) is 4.79 Å². The average Bonchev–Trinajstić information content (AvgIpc) is 2.75. The third-order valence-corrected chi connectivity index (χ3v) is 6.91. The molecule has 0 N–H and O–H groups in total. The topological polar surface area (TPSA) is 37.4 Å². The first kappa shape index (κ1) is 23.6. The van der Waals surface area contributed by atoms with Gasteiger partial charge in [-0.15, -0.1) is 6.58 Å². The second-order valence-corrected chi connectivity index (χ2v) is 9.47. The Balaban J connectivity index is 2.23. The molecule has 1 aliphatic heterocycles. The van der Waals surface area contributed by atoms with Gasteiger partial charge < -0.3 is 9.69 Å². The van der Waals surface area contributed by atoms with Crippen LogP contribution >= 0.6 is 23.2 Å². The van der Waals surface area contributed by atoms with E-state index in [-0.39, 0.29) is 23.9 Å². The van der Waals surface area contributed by atoms with Gasteiger partial charge in [-0.1, -0.05) is 67.4 Å². The van der Waals surface area contributed by atoms with Crippen LogP contribution in [0.3, 0.4) is 0 Å². The van der Waals surface area contributed by atoms with Gasteiger partial charge in [0.05, 0.1) is 11.5 Å². The van der Waals surface area contributed by atoms with Crippen molar-refractivity contribution in [1.82, 2.24) is 4.90 Å². The van der Waals surface area contributed by atoms with Crippen LogP contribution in [0.1, 0.15) is 62.6 Å². The number of allylic oxidation sites excluding steroid dienone is 1. The zero-order valence-electron chi connectivity index (χ0n) is 18.1. The highest BCUT2D eigenvalue weighted by Crippen LogP contribution is 2.52. The molecule has 2 unspecified atom stereocenters. The fourth-order valence-electron chi connectivity index (χ4n) is 4.88. The van der Waals surface area contributed by atoms with Crippen LogP contribution in [-0.4, -0.2) is 23.1 Å². The number of rotatable bonds is 8. The summed E-state index contributed by atoms with van der Waals surface area (Å²) in [7, 11) is 0. The number of hydrogen-bond acceptors (Lipinski definition) is 2. The first-order valence-corrected chi connectivity index (χ1v) is 11.5. The summed E-state index contributed by atoms with van der Waals surface area (Å²) in [5.74, 6) is 0.0857. The lowest BCUT2D eigenvalue weighted by molar-refractivity contribution is -0.154. The monoisotopic (exact) mass is 457 g/mol. The molecule has 0 aromatic heterocycles. The summed E-state index contributed by atoms with van der Waals surface area (Å²) in [6.07, 6.45) is 4.96. The minimum atomic E-state index is -0.603. The Morgan fingerprint density at radius 3 is 2.45 bits per heavy atom. The third-order valence-electron chi connectivity index (χ3n) is 6.42. The van der Waals surface area contributed by atoms with E-state index in [1.807, 2.05) is 67.3 Å². The Bertz CT molecular complexity index is 943. The van der Waals surface area contributed by atoms with E-state index in [9.17, 15) is 9.59 Å². The van der Waals surface area contributed by atoms with E-state index in [1.165, 1.54) is 0 Å². The number of halogens is 2. The molecule has 164 valence electrons. The molecule has 1 aliphatic rings. The molecule has 0 aliphatic carbocycles. The Kier molecular flexibility index (Phi) is 7.61. The second kappa shape index (κ2) is 10.0. The molecular formula is C26H29Cl2NO2. The lowest BCUT2D eigenvalue weighted by Crippen LogP contribution is -2.55. The Morgan fingerprint density at radius 2 is 1.87 bits per heavy atom. The number of carbonyl (C=O) groups is 2. The normalized spacial score (nSPS) is 24.6. The highest BCUT2D eigenvalue weighted by molar-refractivity contribution is 6.30. The number of piperidine rings is 1. The minimum Gasteiger partial charge on any atom is -0.331 e. The van der Waals surface area contributed by atoms with E-state index >= 15 is 0 Å². The van der Waals surface area contributed by atoms with Gasteiger partial charge in [-0.05, 0) is 54.7 Å². The molecule has 3 nitrogen and oxygen atoms in total. The lowest BCUT2D eigenvalue weighted by Gasteiger charge is -2.52. The summed E-state index contributed by atoms with van der Waals surface area (Å²) in [6, 6.07) is 15.1. The number of nitrogens with zero attached hydrogens (tertiary/aromatic N) is 1. The maximum absolute atomic E-state index is 13.9. The number of aldehydes is 1. The fraction of sp³-hybridized carbons (Fsp3) is 0.385. The predicted molar refractivity (Wildman–Crippen MR) is 128 cm³/mol. The number of benzene rings is 2. The van der Waals surface area contributed by atoms with Crippen LogP contribution < -0.4 is 0 Å². The number of amides is 1.